The molecule has 4 rings (SSSR count). The molecule has 2 heterocycles. The number of likely N-dealkylation sites (tertiary alicyclic amines) is 1. The lowest BCUT2D eigenvalue weighted by Crippen LogP contribution is -2.41. The van der Waals surface area contributed by atoms with Crippen molar-refractivity contribution in [1.82, 2.24) is 4.90 Å². The second-order valence-electron chi connectivity index (χ2n) is 11.7. The first-order valence-corrected chi connectivity index (χ1v) is 15.7. The summed E-state index contributed by atoms with van der Waals surface area (Å²) in [6, 6.07) is 9.48. The Kier molecular flexibility index (Phi) is 9.19. The zero-order valence-corrected chi connectivity index (χ0v) is 26.0. The number of nitrogens with one attached hydrogen (secondary N) is 1. The first kappa shape index (κ1) is 32.0. The minimum atomic E-state index is -3.71. The second kappa shape index (κ2) is 12.4. The van der Waals surface area contributed by atoms with Crippen LogP contribution in [0.2, 0.25) is 0 Å². The summed E-state index contributed by atoms with van der Waals surface area (Å²) in [5, 5.41) is 12.4. The van der Waals surface area contributed by atoms with Gasteiger partial charge in [0.15, 0.2) is 23.0 Å². The number of nitrogens with zero attached hydrogens (tertiary/aromatic N) is 2. The average molecular weight is 618 g/mol. The van der Waals surface area contributed by atoms with Gasteiger partial charge in [0.05, 0.1) is 11.4 Å². The van der Waals surface area contributed by atoms with Crippen LogP contribution in [0.1, 0.15) is 63.4 Å². The lowest BCUT2D eigenvalue weighted by molar-refractivity contribution is -0.619. The van der Waals surface area contributed by atoms with Crippen molar-refractivity contribution in [1.29, 1.82) is 0 Å². The second-order valence-corrected chi connectivity index (χ2v) is 13.7. The lowest BCUT2D eigenvalue weighted by Gasteiger charge is -2.34. The fraction of sp³-hybridized carbons (Fsp3) is 0.419. The largest absolute Gasteiger partial charge is 0.618 e. The van der Waals surface area contributed by atoms with E-state index in [-0.39, 0.29) is 23.2 Å². The molecule has 2 aromatic carbocycles. The number of sulfonamides is 1. The highest BCUT2D eigenvalue weighted by molar-refractivity contribution is 7.92. The first-order chi connectivity index (χ1) is 20.1. The summed E-state index contributed by atoms with van der Waals surface area (Å²) < 4.78 is 69.0. The third kappa shape index (κ3) is 7.73. The number of piperidine rings is 1. The van der Waals surface area contributed by atoms with Crippen molar-refractivity contribution in [2.45, 2.75) is 65.9 Å². The zero-order chi connectivity index (χ0) is 31.7. The van der Waals surface area contributed by atoms with Gasteiger partial charge in [0, 0.05) is 50.7 Å². The molecule has 0 aliphatic carbocycles. The molecule has 1 fully saturated rings. The van der Waals surface area contributed by atoms with Crippen molar-refractivity contribution in [3.8, 4) is 22.6 Å². The van der Waals surface area contributed by atoms with E-state index in [1.54, 1.807) is 63.8 Å². The van der Waals surface area contributed by atoms with Crippen molar-refractivity contribution in [2.75, 3.05) is 23.6 Å². The van der Waals surface area contributed by atoms with Gasteiger partial charge >= 0.3 is 6.09 Å². The summed E-state index contributed by atoms with van der Waals surface area (Å²) in [6.07, 6.45) is 0.585. The Labute approximate surface area is 251 Å². The predicted molar refractivity (Wildman–Crippen MR) is 160 cm³/mol. The van der Waals surface area contributed by atoms with Gasteiger partial charge in [0.1, 0.15) is 17.2 Å². The molecule has 0 atom stereocenters. The number of amides is 1. The van der Waals surface area contributed by atoms with E-state index >= 15 is 0 Å². The van der Waals surface area contributed by atoms with Crippen LogP contribution in [-0.4, -0.2) is 43.9 Å². The molecule has 3 aromatic rings. The molecule has 43 heavy (non-hydrogen) atoms. The molecule has 1 saturated heterocycles. The SMILES string of the molecule is CCS(=O)(=O)Nc1cc(-c2cc(C)[n+]([O-])c(C)c2)c(Oc2ccc(F)cc2F)cc1C1CCN(C(=O)OC(C)(C)C)CC1. The molecule has 0 bridgehead atoms. The van der Waals surface area contributed by atoms with Crippen LogP contribution in [0.15, 0.2) is 42.5 Å². The van der Waals surface area contributed by atoms with Gasteiger partial charge in [-0.3, -0.25) is 4.72 Å². The molecule has 1 amide bonds. The van der Waals surface area contributed by atoms with Crippen LogP contribution in [0, 0.1) is 30.7 Å². The molecular weight excluding hydrogens is 580 g/mol. The van der Waals surface area contributed by atoms with Crippen LogP contribution in [0.5, 0.6) is 11.5 Å². The van der Waals surface area contributed by atoms with E-state index in [9.17, 15) is 27.2 Å². The molecule has 1 aliphatic heterocycles. The van der Waals surface area contributed by atoms with E-state index in [0.717, 1.165) is 10.8 Å². The van der Waals surface area contributed by atoms with E-state index in [1.165, 1.54) is 13.0 Å². The summed E-state index contributed by atoms with van der Waals surface area (Å²) in [5.41, 5.74) is 2.00. The number of carbonyl (C=O) groups excluding carboxylic acids is 1. The molecule has 0 radical (unpaired) electrons. The number of aryl methyl sites for hydroxylation is 2. The van der Waals surface area contributed by atoms with Gasteiger partial charge in [-0.05, 0) is 81.8 Å². The van der Waals surface area contributed by atoms with E-state index in [4.69, 9.17) is 9.47 Å². The Morgan fingerprint density at radius 3 is 2.23 bits per heavy atom. The van der Waals surface area contributed by atoms with Crippen LogP contribution in [-0.2, 0) is 14.8 Å². The number of halogens is 2. The van der Waals surface area contributed by atoms with E-state index in [1.807, 2.05) is 0 Å². The highest BCUT2D eigenvalue weighted by Crippen LogP contribution is 2.43. The maximum atomic E-state index is 14.7. The fourth-order valence-electron chi connectivity index (χ4n) is 4.99. The van der Waals surface area contributed by atoms with Crippen LogP contribution in [0.3, 0.4) is 0 Å². The average Bonchev–Trinajstić information content (AvgIpc) is 2.92. The van der Waals surface area contributed by atoms with Crippen molar-refractivity contribution in [3.05, 3.63) is 76.3 Å². The first-order valence-electron chi connectivity index (χ1n) is 14.1. The normalized spacial score (nSPS) is 14.5. The van der Waals surface area contributed by atoms with Crippen LogP contribution >= 0.6 is 0 Å². The van der Waals surface area contributed by atoms with Gasteiger partial charge in [-0.15, -0.1) is 0 Å². The number of aromatic nitrogens is 1. The Morgan fingerprint density at radius 1 is 1.05 bits per heavy atom. The minimum Gasteiger partial charge on any atom is -0.618 e. The summed E-state index contributed by atoms with van der Waals surface area (Å²) in [4.78, 5) is 14.3. The van der Waals surface area contributed by atoms with Crippen molar-refractivity contribution >= 4 is 21.8 Å². The van der Waals surface area contributed by atoms with E-state index < -0.39 is 33.4 Å². The van der Waals surface area contributed by atoms with Gasteiger partial charge < -0.3 is 19.6 Å². The van der Waals surface area contributed by atoms with Crippen LogP contribution in [0.25, 0.3) is 11.1 Å². The molecule has 9 nitrogen and oxygen atoms in total. The Bertz CT molecular complexity index is 1610. The molecule has 1 N–H and O–H groups in total. The molecule has 232 valence electrons. The molecule has 1 aromatic heterocycles. The number of benzene rings is 2. The van der Waals surface area contributed by atoms with Crippen LogP contribution in [0.4, 0.5) is 19.3 Å². The smallest absolute Gasteiger partial charge is 0.410 e. The fourth-order valence-corrected chi connectivity index (χ4v) is 5.65. The third-order valence-corrected chi connectivity index (χ3v) is 8.47. The topological polar surface area (TPSA) is 112 Å². The van der Waals surface area contributed by atoms with Crippen molar-refractivity contribution < 1.29 is 36.2 Å². The standard InChI is InChI=1S/C31H37F2N3O6S/c1-7-43(39,40)34-27-17-25(22-14-19(2)36(38)20(3)15-22)29(41-28-9-8-23(32)16-26(28)33)18-24(27)21-10-12-35(13-11-21)30(37)42-31(4,5)6/h8-9,14-18,21,34H,7,10-13H2,1-6H3. The zero-order valence-electron chi connectivity index (χ0n) is 25.2. The predicted octanol–water partition coefficient (Wildman–Crippen LogP) is 6.55. The Hall–Kier alpha value is -3.93. The van der Waals surface area contributed by atoms with Crippen LogP contribution < -0.4 is 14.2 Å². The number of pyridine rings is 1. The summed E-state index contributed by atoms with van der Waals surface area (Å²) in [6.45, 7) is 10.9. The highest BCUT2D eigenvalue weighted by Gasteiger charge is 2.30. The van der Waals surface area contributed by atoms with E-state index in [2.05, 4.69) is 4.72 Å². The van der Waals surface area contributed by atoms with E-state index in [0.29, 0.717) is 65.8 Å². The monoisotopic (exact) mass is 617 g/mol. The Morgan fingerprint density at radius 2 is 1.67 bits per heavy atom. The molecule has 1 aliphatic rings. The lowest BCUT2D eigenvalue weighted by atomic mass is 9.87. The highest BCUT2D eigenvalue weighted by atomic mass is 32.2. The summed E-state index contributed by atoms with van der Waals surface area (Å²) >= 11 is 0. The van der Waals surface area contributed by atoms with Gasteiger partial charge in [0.2, 0.25) is 10.0 Å². The van der Waals surface area contributed by atoms with Gasteiger partial charge in [-0.1, -0.05) is 0 Å². The summed E-state index contributed by atoms with van der Waals surface area (Å²) in [5.74, 6) is -2.06. The van der Waals surface area contributed by atoms with Crippen molar-refractivity contribution in [3.63, 3.8) is 0 Å². The number of hydrogen-bond donors (Lipinski definition) is 1. The number of rotatable bonds is 7. The molecule has 12 heteroatoms. The summed E-state index contributed by atoms with van der Waals surface area (Å²) in [7, 11) is -3.71. The third-order valence-electron chi connectivity index (χ3n) is 7.18. The molecule has 0 saturated carbocycles. The molecular formula is C31H37F2N3O6S. The maximum absolute atomic E-state index is 14.7. The van der Waals surface area contributed by atoms with Gasteiger partial charge in [-0.2, -0.15) is 4.73 Å². The minimum absolute atomic E-state index is 0.169. The van der Waals surface area contributed by atoms with Gasteiger partial charge in [0.25, 0.3) is 0 Å². The number of ether oxygens (including phenoxy) is 2. The maximum Gasteiger partial charge on any atom is 0.410 e. The quantitative estimate of drug-likeness (QED) is 0.238. The number of anilines is 1. The molecule has 0 unspecified atom stereocenters. The number of carbonyl (C=O) groups is 1. The van der Waals surface area contributed by atoms with Crippen molar-refractivity contribution in [2.24, 2.45) is 0 Å². The molecule has 0 spiro atoms. The number of hydrogen-bond acceptors (Lipinski definition) is 6. The van der Waals surface area contributed by atoms with Gasteiger partial charge in [-0.25, -0.2) is 22.0 Å². The Balaban J connectivity index is 1.83.